The summed E-state index contributed by atoms with van der Waals surface area (Å²) >= 11 is 0. The third kappa shape index (κ3) is 4.58. The number of aromatic carboxylic acids is 1. The molecule has 170 valence electrons. The van der Waals surface area contributed by atoms with Gasteiger partial charge in [-0.25, -0.2) is 9.59 Å². The molecule has 2 aromatic rings. The molecule has 1 unspecified atom stereocenters. The van der Waals surface area contributed by atoms with Crippen molar-refractivity contribution in [1.29, 1.82) is 0 Å². The van der Waals surface area contributed by atoms with Crippen LogP contribution in [-0.4, -0.2) is 57.3 Å². The maximum atomic E-state index is 12.5. The van der Waals surface area contributed by atoms with Crippen molar-refractivity contribution in [1.82, 2.24) is 9.80 Å². The van der Waals surface area contributed by atoms with E-state index in [1.807, 2.05) is 43.3 Å². The summed E-state index contributed by atoms with van der Waals surface area (Å²) in [7, 11) is 0. The van der Waals surface area contributed by atoms with Crippen LogP contribution in [0.5, 0.6) is 5.75 Å². The number of benzene rings is 2. The van der Waals surface area contributed by atoms with E-state index in [9.17, 15) is 19.8 Å². The van der Waals surface area contributed by atoms with Crippen LogP contribution in [-0.2, 0) is 17.8 Å². The second kappa shape index (κ2) is 8.82. The topological polar surface area (TPSA) is 90.3 Å². The Morgan fingerprint density at radius 1 is 1.12 bits per heavy atom. The van der Waals surface area contributed by atoms with Gasteiger partial charge in [0.25, 0.3) is 0 Å². The van der Waals surface area contributed by atoms with Gasteiger partial charge in [-0.3, -0.25) is 9.80 Å². The molecule has 4 rings (SSSR count). The standard InChI is InChI=1S/C25H30N2O5/c1-17-12-19(13-21(22(17)28)23(29)30)14-26-10-8-20(9-11-26)25(2)16-27(24(31)32-25)15-18-6-4-3-5-7-18/h3-7,12-13,20,28H,8-11,14-16H2,1-2H3,(H,29,30). The number of aryl methyl sites for hydroxylation is 1. The lowest BCUT2D eigenvalue weighted by atomic mass is 9.81. The lowest BCUT2D eigenvalue weighted by Crippen LogP contribution is -2.45. The number of carbonyl (C=O) groups is 2. The van der Waals surface area contributed by atoms with Crippen LogP contribution in [0.3, 0.4) is 0 Å². The summed E-state index contributed by atoms with van der Waals surface area (Å²) in [6, 6.07) is 13.3. The number of aromatic hydroxyl groups is 1. The van der Waals surface area contributed by atoms with E-state index in [0.717, 1.165) is 37.1 Å². The van der Waals surface area contributed by atoms with Crippen LogP contribution >= 0.6 is 0 Å². The molecule has 0 bridgehead atoms. The number of hydrogen-bond donors (Lipinski definition) is 2. The molecular weight excluding hydrogens is 408 g/mol. The van der Waals surface area contributed by atoms with Gasteiger partial charge in [-0.15, -0.1) is 0 Å². The number of cyclic esters (lactones) is 1. The maximum Gasteiger partial charge on any atom is 0.410 e. The van der Waals surface area contributed by atoms with E-state index in [1.165, 1.54) is 0 Å². The van der Waals surface area contributed by atoms with E-state index in [-0.39, 0.29) is 23.3 Å². The molecule has 2 aliphatic rings. The number of likely N-dealkylation sites (tertiary alicyclic amines) is 1. The van der Waals surface area contributed by atoms with Crippen molar-refractivity contribution >= 4 is 12.1 Å². The molecule has 0 aliphatic carbocycles. The molecule has 1 amide bonds. The Morgan fingerprint density at radius 3 is 2.47 bits per heavy atom. The van der Waals surface area contributed by atoms with Crippen LogP contribution in [0.4, 0.5) is 4.79 Å². The first kappa shape index (κ1) is 22.1. The van der Waals surface area contributed by atoms with Crippen molar-refractivity contribution in [3.05, 3.63) is 64.7 Å². The SMILES string of the molecule is Cc1cc(CN2CCC(C3(C)CN(Cc4ccccc4)C(=O)O3)CC2)cc(C(=O)O)c1O. The lowest BCUT2D eigenvalue weighted by molar-refractivity contribution is -0.00713. The third-order valence-corrected chi connectivity index (χ3v) is 6.75. The van der Waals surface area contributed by atoms with Gasteiger partial charge < -0.3 is 14.9 Å². The molecule has 0 spiro atoms. The fourth-order valence-corrected chi connectivity index (χ4v) is 4.95. The first-order valence-electron chi connectivity index (χ1n) is 11.0. The fourth-order valence-electron chi connectivity index (χ4n) is 4.95. The number of nitrogens with zero attached hydrogens (tertiary/aromatic N) is 2. The van der Waals surface area contributed by atoms with Crippen molar-refractivity contribution in [2.45, 2.75) is 45.4 Å². The number of phenols is 1. The van der Waals surface area contributed by atoms with Crippen LogP contribution in [0.2, 0.25) is 0 Å². The van der Waals surface area contributed by atoms with Crippen LogP contribution in [0.25, 0.3) is 0 Å². The molecule has 2 aromatic carbocycles. The Labute approximate surface area is 188 Å². The molecular formula is C25H30N2O5. The number of piperidine rings is 1. The van der Waals surface area contributed by atoms with Crippen molar-refractivity contribution < 1.29 is 24.5 Å². The van der Waals surface area contributed by atoms with E-state index in [4.69, 9.17) is 4.74 Å². The molecule has 0 radical (unpaired) electrons. The predicted octanol–water partition coefficient (Wildman–Crippen LogP) is 4.02. The number of rotatable bonds is 6. The molecule has 2 heterocycles. The van der Waals surface area contributed by atoms with E-state index >= 15 is 0 Å². The molecule has 2 fully saturated rings. The Bertz CT molecular complexity index is 1000. The third-order valence-electron chi connectivity index (χ3n) is 6.75. The van der Waals surface area contributed by atoms with Gasteiger partial charge in [0.05, 0.1) is 6.54 Å². The van der Waals surface area contributed by atoms with E-state index in [1.54, 1.807) is 17.9 Å². The summed E-state index contributed by atoms with van der Waals surface area (Å²) in [5.74, 6) is -1.02. The molecule has 0 aromatic heterocycles. The summed E-state index contributed by atoms with van der Waals surface area (Å²) in [5.41, 5.74) is 1.98. The minimum absolute atomic E-state index is 0.0567. The lowest BCUT2D eigenvalue weighted by Gasteiger charge is -2.39. The van der Waals surface area contributed by atoms with Gasteiger partial charge in [0.2, 0.25) is 0 Å². The van der Waals surface area contributed by atoms with Gasteiger partial charge in [-0.1, -0.05) is 36.4 Å². The second-order valence-electron chi connectivity index (χ2n) is 9.19. The van der Waals surface area contributed by atoms with Gasteiger partial charge in [0.15, 0.2) is 0 Å². The highest BCUT2D eigenvalue weighted by atomic mass is 16.6. The van der Waals surface area contributed by atoms with E-state index in [2.05, 4.69) is 4.90 Å². The van der Waals surface area contributed by atoms with Crippen LogP contribution < -0.4 is 0 Å². The van der Waals surface area contributed by atoms with Gasteiger partial charge in [-0.2, -0.15) is 0 Å². The highest BCUT2D eigenvalue weighted by Crippen LogP contribution is 2.37. The molecule has 32 heavy (non-hydrogen) atoms. The first-order valence-corrected chi connectivity index (χ1v) is 11.0. The minimum Gasteiger partial charge on any atom is -0.507 e. The summed E-state index contributed by atoms with van der Waals surface area (Å²) < 4.78 is 5.87. The molecule has 0 saturated carbocycles. The normalized spacial score (nSPS) is 22.2. The van der Waals surface area contributed by atoms with E-state index in [0.29, 0.717) is 25.2 Å². The molecule has 2 saturated heterocycles. The van der Waals surface area contributed by atoms with Crippen molar-refractivity contribution in [2.24, 2.45) is 5.92 Å². The molecule has 1 atom stereocenters. The molecule has 2 N–H and O–H groups in total. The van der Waals surface area contributed by atoms with Gasteiger partial charge in [-0.05, 0) is 62.5 Å². The van der Waals surface area contributed by atoms with Gasteiger partial charge in [0.1, 0.15) is 16.9 Å². The molecule has 2 aliphatic heterocycles. The molecule has 7 heteroatoms. The zero-order valence-corrected chi connectivity index (χ0v) is 18.6. The van der Waals surface area contributed by atoms with Crippen LogP contribution in [0.1, 0.15) is 46.8 Å². The monoisotopic (exact) mass is 438 g/mol. The number of ether oxygens (including phenoxy) is 1. The maximum absolute atomic E-state index is 12.5. The smallest absolute Gasteiger partial charge is 0.410 e. The Balaban J connectivity index is 1.36. The zero-order chi connectivity index (χ0) is 22.9. The van der Waals surface area contributed by atoms with Crippen molar-refractivity contribution in [3.8, 4) is 5.75 Å². The zero-order valence-electron chi connectivity index (χ0n) is 18.6. The Morgan fingerprint density at radius 2 is 1.81 bits per heavy atom. The number of carbonyl (C=O) groups excluding carboxylic acids is 1. The number of hydrogen-bond acceptors (Lipinski definition) is 5. The fraction of sp³-hybridized carbons (Fsp3) is 0.440. The average Bonchev–Trinajstić information content (AvgIpc) is 3.05. The van der Waals surface area contributed by atoms with Crippen molar-refractivity contribution in [2.75, 3.05) is 19.6 Å². The summed E-state index contributed by atoms with van der Waals surface area (Å²) in [6.07, 6.45) is 1.57. The number of amides is 1. The summed E-state index contributed by atoms with van der Waals surface area (Å²) in [4.78, 5) is 28.0. The van der Waals surface area contributed by atoms with Crippen LogP contribution in [0.15, 0.2) is 42.5 Å². The largest absolute Gasteiger partial charge is 0.507 e. The highest BCUT2D eigenvalue weighted by molar-refractivity contribution is 5.91. The van der Waals surface area contributed by atoms with Crippen LogP contribution in [0, 0.1) is 12.8 Å². The second-order valence-corrected chi connectivity index (χ2v) is 9.19. The number of carboxylic acid groups (broad SMARTS) is 1. The predicted molar refractivity (Wildman–Crippen MR) is 120 cm³/mol. The summed E-state index contributed by atoms with van der Waals surface area (Å²) in [6.45, 7) is 7.22. The number of carboxylic acids is 1. The van der Waals surface area contributed by atoms with Gasteiger partial charge >= 0.3 is 12.1 Å². The van der Waals surface area contributed by atoms with E-state index < -0.39 is 11.6 Å². The highest BCUT2D eigenvalue weighted by Gasteiger charge is 2.47. The Kier molecular flexibility index (Phi) is 6.11. The first-order chi connectivity index (χ1) is 15.2. The van der Waals surface area contributed by atoms with Gasteiger partial charge in [0, 0.05) is 19.0 Å². The average molecular weight is 439 g/mol. The summed E-state index contributed by atoms with van der Waals surface area (Å²) in [5, 5.41) is 19.3. The Hall–Kier alpha value is -3.06. The molecule has 7 nitrogen and oxygen atoms in total. The van der Waals surface area contributed by atoms with Crippen molar-refractivity contribution in [3.63, 3.8) is 0 Å². The quantitative estimate of drug-likeness (QED) is 0.708. The minimum atomic E-state index is -1.12.